The number of allylic oxidation sites excluding steroid dienone is 2. The average Bonchev–Trinajstić information content (AvgIpc) is 2.35. The maximum absolute atomic E-state index is 4.53. The smallest absolute Gasteiger partial charge is 0.0827 e. The van der Waals surface area contributed by atoms with Crippen molar-refractivity contribution >= 4 is 11.4 Å². The molecule has 0 saturated heterocycles. The molecule has 0 radical (unpaired) electrons. The first-order valence-corrected chi connectivity index (χ1v) is 6.77. The fourth-order valence-electron chi connectivity index (χ4n) is 1.84. The molecule has 0 aromatic rings. The van der Waals surface area contributed by atoms with Gasteiger partial charge in [-0.1, -0.05) is 0 Å². The van der Waals surface area contributed by atoms with E-state index in [1.807, 2.05) is 13.8 Å². The van der Waals surface area contributed by atoms with Crippen molar-refractivity contribution in [2.45, 2.75) is 27.7 Å². The standard InChI is InChI=1S/C14H24N4/c1-5-15-11-9-13(17-7-3)14(18-8-4)10-12(11)16-6-2/h9-10,15,18H,5-8H2,1-4H3. The monoisotopic (exact) mass is 248 g/mol. The fraction of sp³-hybridized carbons (Fsp3) is 0.571. The molecule has 0 saturated carbocycles. The van der Waals surface area contributed by atoms with Gasteiger partial charge in [0.25, 0.3) is 0 Å². The van der Waals surface area contributed by atoms with Gasteiger partial charge in [-0.05, 0) is 39.8 Å². The number of hydrogen-bond donors (Lipinski definition) is 2. The zero-order valence-electron chi connectivity index (χ0n) is 11.9. The molecule has 0 bridgehead atoms. The molecule has 0 unspecified atom stereocenters. The molecule has 1 aliphatic rings. The SMILES string of the molecule is CCN=C1C=C(NCC)C(=NCC)C=C1NCC. The third-order valence-corrected chi connectivity index (χ3v) is 2.51. The lowest BCUT2D eigenvalue weighted by Crippen LogP contribution is -2.29. The number of aliphatic imine (C=N–C) groups is 2. The van der Waals surface area contributed by atoms with Crippen LogP contribution in [0.25, 0.3) is 0 Å². The first-order chi connectivity index (χ1) is 8.76. The minimum Gasteiger partial charge on any atom is -0.384 e. The first-order valence-electron chi connectivity index (χ1n) is 6.77. The van der Waals surface area contributed by atoms with E-state index < -0.39 is 0 Å². The Kier molecular flexibility index (Phi) is 6.19. The Hall–Kier alpha value is -1.58. The van der Waals surface area contributed by atoms with Gasteiger partial charge in [0, 0.05) is 26.2 Å². The van der Waals surface area contributed by atoms with E-state index in [-0.39, 0.29) is 0 Å². The summed E-state index contributed by atoms with van der Waals surface area (Å²) in [5, 5.41) is 6.70. The van der Waals surface area contributed by atoms with E-state index in [9.17, 15) is 0 Å². The molecule has 0 aromatic carbocycles. The second-order valence-electron chi connectivity index (χ2n) is 3.90. The molecule has 2 N–H and O–H groups in total. The van der Waals surface area contributed by atoms with Crippen molar-refractivity contribution in [1.82, 2.24) is 10.6 Å². The molecule has 0 fully saturated rings. The Bertz CT molecular complexity index is 351. The quantitative estimate of drug-likeness (QED) is 0.705. The number of nitrogens with zero attached hydrogens (tertiary/aromatic N) is 2. The van der Waals surface area contributed by atoms with Gasteiger partial charge >= 0.3 is 0 Å². The van der Waals surface area contributed by atoms with Crippen molar-refractivity contribution in [3.63, 3.8) is 0 Å². The molecule has 4 nitrogen and oxygen atoms in total. The van der Waals surface area contributed by atoms with E-state index in [4.69, 9.17) is 0 Å². The Morgan fingerprint density at radius 3 is 1.44 bits per heavy atom. The maximum atomic E-state index is 4.53. The summed E-state index contributed by atoms with van der Waals surface area (Å²) >= 11 is 0. The lowest BCUT2D eigenvalue weighted by molar-refractivity contribution is 0.871. The average molecular weight is 248 g/mol. The normalized spacial score (nSPS) is 19.8. The van der Waals surface area contributed by atoms with Crippen molar-refractivity contribution in [2.24, 2.45) is 9.98 Å². The van der Waals surface area contributed by atoms with Crippen molar-refractivity contribution in [1.29, 1.82) is 0 Å². The predicted molar refractivity (Wildman–Crippen MR) is 79.5 cm³/mol. The van der Waals surface area contributed by atoms with Gasteiger partial charge in [0.1, 0.15) is 0 Å². The van der Waals surface area contributed by atoms with Crippen LogP contribution in [0.4, 0.5) is 0 Å². The lowest BCUT2D eigenvalue weighted by atomic mass is 10.0. The van der Waals surface area contributed by atoms with Gasteiger partial charge in [0.05, 0.1) is 22.8 Å². The zero-order valence-corrected chi connectivity index (χ0v) is 11.9. The molecule has 0 heterocycles. The van der Waals surface area contributed by atoms with E-state index in [1.54, 1.807) is 0 Å². The second-order valence-corrected chi connectivity index (χ2v) is 3.90. The van der Waals surface area contributed by atoms with Crippen LogP contribution in [0.5, 0.6) is 0 Å². The molecule has 18 heavy (non-hydrogen) atoms. The van der Waals surface area contributed by atoms with Gasteiger partial charge in [-0.25, -0.2) is 0 Å². The Balaban J connectivity index is 3.09. The molecule has 0 spiro atoms. The van der Waals surface area contributed by atoms with Crippen LogP contribution < -0.4 is 10.6 Å². The highest BCUT2D eigenvalue weighted by Crippen LogP contribution is 2.11. The molecule has 0 aliphatic heterocycles. The highest BCUT2D eigenvalue weighted by atomic mass is 14.9. The van der Waals surface area contributed by atoms with Crippen LogP contribution in [0.2, 0.25) is 0 Å². The fourth-order valence-corrected chi connectivity index (χ4v) is 1.84. The highest BCUT2D eigenvalue weighted by molar-refractivity contribution is 6.23. The van der Waals surface area contributed by atoms with Crippen LogP contribution >= 0.6 is 0 Å². The Labute approximate surface area is 110 Å². The summed E-state index contributed by atoms with van der Waals surface area (Å²) < 4.78 is 0. The highest BCUT2D eigenvalue weighted by Gasteiger charge is 2.15. The minimum absolute atomic E-state index is 0.786. The van der Waals surface area contributed by atoms with Crippen LogP contribution in [-0.2, 0) is 0 Å². The summed E-state index contributed by atoms with van der Waals surface area (Å²) in [4.78, 5) is 9.05. The molecule has 0 aromatic heterocycles. The van der Waals surface area contributed by atoms with Crippen LogP contribution in [0.3, 0.4) is 0 Å². The van der Waals surface area contributed by atoms with Crippen LogP contribution in [-0.4, -0.2) is 37.6 Å². The zero-order chi connectivity index (χ0) is 13.4. The van der Waals surface area contributed by atoms with Crippen molar-refractivity contribution in [3.05, 3.63) is 23.5 Å². The molecule has 1 rings (SSSR count). The number of hydrogen-bond acceptors (Lipinski definition) is 4. The molecule has 0 amide bonds. The molecular weight excluding hydrogens is 224 g/mol. The lowest BCUT2D eigenvalue weighted by Gasteiger charge is -2.19. The summed E-state index contributed by atoms with van der Waals surface area (Å²) in [6, 6.07) is 0. The third kappa shape index (κ3) is 3.72. The maximum Gasteiger partial charge on any atom is 0.0827 e. The number of rotatable bonds is 6. The Morgan fingerprint density at radius 1 is 0.778 bits per heavy atom. The third-order valence-electron chi connectivity index (χ3n) is 2.51. The molecule has 1 aliphatic carbocycles. The summed E-state index contributed by atoms with van der Waals surface area (Å²) in [7, 11) is 0. The molecule has 0 atom stereocenters. The van der Waals surface area contributed by atoms with E-state index in [0.717, 1.165) is 49.0 Å². The predicted octanol–water partition coefficient (Wildman–Crippen LogP) is 1.91. The van der Waals surface area contributed by atoms with Gasteiger partial charge in [0.15, 0.2) is 0 Å². The van der Waals surface area contributed by atoms with Crippen LogP contribution in [0.15, 0.2) is 33.5 Å². The van der Waals surface area contributed by atoms with Gasteiger partial charge in [-0.15, -0.1) is 0 Å². The summed E-state index contributed by atoms with van der Waals surface area (Å²) in [6.45, 7) is 11.6. The summed E-state index contributed by atoms with van der Waals surface area (Å²) in [5.74, 6) is 0. The van der Waals surface area contributed by atoms with Crippen LogP contribution in [0.1, 0.15) is 27.7 Å². The largest absolute Gasteiger partial charge is 0.384 e. The summed E-state index contributed by atoms with van der Waals surface area (Å²) in [6.07, 6.45) is 4.17. The van der Waals surface area contributed by atoms with Crippen molar-refractivity contribution < 1.29 is 0 Å². The van der Waals surface area contributed by atoms with Crippen molar-refractivity contribution in [2.75, 3.05) is 26.2 Å². The summed E-state index contributed by atoms with van der Waals surface area (Å²) in [5.41, 5.74) is 4.14. The topological polar surface area (TPSA) is 48.8 Å². The van der Waals surface area contributed by atoms with E-state index in [1.165, 1.54) is 0 Å². The van der Waals surface area contributed by atoms with E-state index in [2.05, 4.69) is 46.6 Å². The van der Waals surface area contributed by atoms with Gasteiger partial charge in [-0.2, -0.15) is 0 Å². The number of nitrogens with one attached hydrogen (secondary N) is 2. The molecular formula is C14H24N4. The van der Waals surface area contributed by atoms with Gasteiger partial charge < -0.3 is 10.6 Å². The van der Waals surface area contributed by atoms with Crippen molar-refractivity contribution in [3.8, 4) is 0 Å². The first kappa shape index (κ1) is 14.5. The molecule has 100 valence electrons. The Morgan fingerprint density at radius 2 is 1.17 bits per heavy atom. The van der Waals surface area contributed by atoms with Gasteiger partial charge in [-0.3, -0.25) is 9.98 Å². The second kappa shape index (κ2) is 7.69. The van der Waals surface area contributed by atoms with E-state index >= 15 is 0 Å². The molecule has 4 heteroatoms. The van der Waals surface area contributed by atoms with E-state index in [0.29, 0.717) is 0 Å². The van der Waals surface area contributed by atoms with Crippen LogP contribution in [0, 0.1) is 0 Å². The minimum atomic E-state index is 0.786. The van der Waals surface area contributed by atoms with Gasteiger partial charge in [0.2, 0.25) is 0 Å².